The minimum atomic E-state index is -0.314. The molecule has 2 nitrogen and oxygen atoms in total. The quantitative estimate of drug-likeness (QED) is 0.624. The van der Waals surface area contributed by atoms with Crippen molar-refractivity contribution in [1.82, 2.24) is 0 Å². The third-order valence-electron chi connectivity index (χ3n) is 4.23. The van der Waals surface area contributed by atoms with E-state index in [1.807, 2.05) is 30.3 Å². The van der Waals surface area contributed by atoms with Crippen LogP contribution in [0.5, 0.6) is 0 Å². The summed E-state index contributed by atoms with van der Waals surface area (Å²) in [4.78, 5) is 12.3. The Kier molecular flexibility index (Phi) is 2.58. The molecular weight excluding hydrogens is 260 g/mol. The molecular formula is C19H14O2. The van der Waals surface area contributed by atoms with Crippen LogP contribution in [0.25, 0.3) is 21.9 Å². The smallest absolute Gasteiger partial charge is 0.317 e. The van der Waals surface area contributed by atoms with Gasteiger partial charge in [0, 0.05) is 0 Å². The average Bonchev–Trinajstić information content (AvgIpc) is 2.85. The highest BCUT2D eigenvalue weighted by Crippen LogP contribution is 2.46. The summed E-state index contributed by atoms with van der Waals surface area (Å²) in [5.74, 6) is -0.512. The van der Waals surface area contributed by atoms with Gasteiger partial charge >= 0.3 is 5.97 Å². The van der Waals surface area contributed by atoms with Gasteiger partial charge in [-0.3, -0.25) is 4.79 Å². The third-order valence-corrected chi connectivity index (χ3v) is 4.23. The number of carbonyl (C=O) groups is 1. The van der Waals surface area contributed by atoms with E-state index in [9.17, 15) is 4.79 Å². The van der Waals surface area contributed by atoms with Crippen molar-refractivity contribution in [2.75, 3.05) is 7.11 Å². The molecule has 0 fully saturated rings. The zero-order valence-corrected chi connectivity index (χ0v) is 11.7. The Hall–Kier alpha value is -2.61. The van der Waals surface area contributed by atoms with Gasteiger partial charge in [-0.2, -0.15) is 0 Å². The van der Waals surface area contributed by atoms with Gasteiger partial charge in [-0.25, -0.2) is 0 Å². The lowest BCUT2D eigenvalue weighted by Gasteiger charge is -2.11. The van der Waals surface area contributed by atoms with E-state index in [0.29, 0.717) is 0 Å². The van der Waals surface area contributed by atoms with Crippen LogP contribution in [0.1, 0.15) is 17.0 Å². The molecule has 0 amide bonds. The second-order valence-corrected chi connectivity index (χ2v) is 5.33. The van der Waals surface area contributed by atoms with Crippen molar-refractivity contribution in [1.29, 1.82) is 0 Å². The molecule has 0 saturated carbocycles. The van der Waals surface area contributed by atoms with Crippen LogP contribution < -0.4 is 0 Å². The molecule has 3 aromatic rings. The predicted octanol–water partition coefficient (Wildman–Crippen LogP) is 4.13. The van der Waals surface area contributed by atoms with Crippen LogP contribution in [0.2, 0.25) is 0 Å². The molecule has 0 aromatic heterocycles. The molecule has 2 heteroatoms. The number of fused-ring (bicyclic) bond motifs is 4. The van der Waals surface area contributed by atoms with E-state index in [0.717, 1.165) is 27.6 Å². The summed E-state index contributed by atoms with van der Waals surface area (Å²) in [6, 6.07) is 20.6. The SMILES string of the molecule is COC(=O)C1c2ccccc2-c2cc3ccccc3cc21. The zero-order chi connectivity index (χ0) is 14.4. The standard InChI is InChI=1S/C19H14O2/c1-21-19(20)18-15-9-5-4-8-14(15)16-10-12-6-2-3-7-13(12)11-17(16)18/h2-11,18H,1H3. The number of benzene rings is 3. The number of carbonyl (C=O) groups excluding carboxylic acids is 1. The van der Waals surface area contributed by atoms with Crippen molar-refractivity contribution in [2.24, 2.45) is 0 Å². The Morgan fingerprint density at radius 2 is 1.52 bits per heavy atom. The van der Waals surface area contributed by atoms with Crippen LogP contribution in [-0.2, 0) is 9.53 Å². The van der Waals surface area contributed by atoms with Gasteiger partial charge < -0.3 is 4.74 Å². The molecule has 3 aromatic carbocycles. The van der Waals surface area contributed by atoms with Crippen molar-refractivity contribution < 1.29 is 9.53 Å². The van der Waals surface area contributed by atoms with Crippen LogP contribution >= 0.6 is 0 Å². The number of methoxy groups -OCH3 is 1. The van der Waals surface area contributed by atoms with Gasteiger partial charge in [0.15, 0.2) is 0 Å². The lowest BCUT2D eigenvalue weighted by Crippen LogP contribution is -2.13. The molecule has 4 rings (SSSR count). The van der Waals surface area contributed by atoms with Crippen molar-refractivity contribution in [3.8, 4) is 11.1 Å². The van der Waals surface area contributed by atoms with Gasteiger partial charge in [-0.1, -0.05) is 48.5 Å². The summed E-state index contributed by atoms with van der Waals surface area (Å²) < 4.78 is 5.02. The zero-order valence-electron chi connectivity index (χ0n) is 11.7. The molecule has 102 valence electrons. The molecule has 0 aliphatic heterocycles. The fourth-order valence-electron chi connectivity index (χ4n) is 3.26. The highest BCUT2D eigenvalue weighted by atomic mass is 16.5. The summed E-state index contributed by atoms with van der Waals surface area (Å²) in [5.41, 5.74) is 4.35. The van der Waals surface area contributed by atoms with Crippen molar-refractivity contribution in [3.63, 3.8) is 0 Å². The van der Waals surface area contributed by atoms with E-state index in [1.54, 1.807) is 0 Å². The maximum atomic E-state index is 12.3. The largest absolute Gasteiger partial charge is 0.468 e. The number of ether oxygens (including phenoxy) is 1. The molecule has 1 atom stereocenters. The highest BCUT2D eigenvalue weighted by Gasteiger charge is 2.34. The van der Waals surface area contributed by atoms with Gasteiger partial charge in [-0.05, 0) is 45.2 Å². The fourth-order valence-corrected chi connectivity index (χ4v) is 3.26. The molecule has 1 unspecified atom stereocenters. The van der Waals surface area contributed by atoms with Gasteiger partial charge in [0.05, 0.1) is 7.11 Å². The predicted molar refractivity (Wildman–Crippen MR) is 83.2 cm³/mol. The lowest BCUT2D eigenvalue weighted by molar-refractivity contribution is -0.141. The third kappa shape index (κ3) is 1.69. The van der Waals surface area contributed by atoms with Crippen LogP contribution in [-0.4, -0.2) is 13.1 Å². The van der Waals surface area contributed by atoms with Crippen molar-refractivity contribution in [3.05, 3.63) is 71.8 Å². The van der Waals surface area contributed by atoms with Crippen LogP contribution in [0.4, 0.5) is 0 Å². The highest BCUT2D eigenvalue weighted by molar-refractivity contribution is 5.98. The van der Waals surface area contributed by atoms with Gasteiger partial charge in [-0.15, -0.1) is 0 Å². The summed E-state index contributed by atoms with van der Waals surface area (Å²) in [6.07, 6.45) is 0. The van der Waals surface area contributed by atoms with Crippen LogP contribution in [0.3, 0.4) is 0 Å². The molecule has 0 heterocycles. The first-order valence-corrected chi connectivity index (χ1v) is 6.99. The molecule has 1 aliphatic rings. The van der Waals surface area contributed by atoms with Gasteiger partial charge in [0.25, 0.3) is 0 Å². The van der Waals surface area contributed by atoms with Gasteiger partial charge in [0.2, 0.25) is 0 Å². The molecule has 0 saturated heterocycles. The minimum Gasteiger partial charge on any atom is -0.468 e. The average molecular weight is 274 g/mol. The monoisotopic (exact) mass is 274 g/mol. The first-order chi connectivity index (χ1) is 10.3. The number of esters is 1. The second kappa shape index (κ2) is 4.45. The summed E-state index contributed by atoms with van der Waals surface area (Å²) in [5, 5.41) is 2.34. The number of rotatable bonds is 1. The lowest BCUT2D eigenvalue weighted by atomic mass is 9.95. The van der Waals surface area contributed by atoms with Crippen molar-refractivity contribution >= 4 is 16.7 Å². The van der Waals surface area contributed by atoms with Crippen LogP contribution in [0.15, 0.2) is 60.7 Å². The van der Waals surface area contributed by atoms with E-state index in [2.05, 4.69) is 30.3 Å². The molecule has 0 radical (unpaired) electrons. The minimum absolute atomic E-state index is 0.198. The van der Waals surface area contributed by atoms with E-state index < -0.39 is 0 Å². The molecule has 0 N–H and O–H groups in total. The van der Waals surface area contributed by atoms with E-state index in [-0.39, 0.29) is 11.9 Å². The van der Waals surface area contributed by atoms with E-state index >= 15 is 0 Å². The molecule has 21 heavy (non-hydrogen) atoms. The Morgan fingerprint density at radius 1 is 0.857 bits per heavy atom. The first kappa shape index (κ1) is 12.2. The first-order valence-electron chi connectivity index (χ1n) is 6.99. The Bertz CT molecular complexity index is 864. The number of hydrogen-bond acceptors (Lipinski definition) is 2. The Morgan fingerprint density at radius 3 is 2.29 bits per heavy atom. The summed E-state index contributed by atoms with van der Waals surface area (Å²) in [6.45, 7) is 0. The summed E-state index contributed by atoms with van der Waals surface area (Å²) >= 11 is 0. The molecule has 0 spiro atoms. The van der Waals surface area contributed by atoms with E-state index in [1.165, 1.54) is 12.5 Å². The van der Waals surface area contributed by atoms with Crippen molar-refractivity contribution in [2.45, 2.75) is 5.92 Å². The Balaban J connectivity index is 2.06. The normalized spacial score (nSPS) is 15.6. The maximum Gasteiger partial charge on any atom is 0.317 e. The second-order valence-electron chi connectivity index (χ2n) is 5.33. The fraction of sp³-hybridized carbons (Fsp3) is 0.105. The van der Waals surface area contributed by atoms with Gasteiger partial charge in [0.1, 0.15) is 5.92 Å². The van der Waals surface area contributed by atoms with E-state index in [4.69, 9.17) is 4.74 Å². The summed E-state index contributed by atoms with van der Waals surface area (Å²) in [7, 11) is 1.45. The topological polar surface area (TPSA) is 26.3 Å². The van der Waals surface area contributed by atoms with Crippen LogP contribution in [0, 0.1) is 0 Å². The molecule has 1 aliphatic carbocycles. The Labute approximate surface area is 123 Å². The maximum absolute atomic E-state index is 12.3. The number of hydrogen-bond donors (Lipinski definition) is 0. The molecule has 0 bridgehead atoms.